The highest BCUT2D eigenvalue weighted by molar-refractivity contribution is 7.46. The van der Waals surface area contributed by atoms with Crippen LogP contribution in [0.1, 0.15) is 19.3 Å². The summed E-state index contributed by atoms with van der Waals surface area (Å²) in [6.45, 7) is -0.304. The summed E-state index contributed by atoms with van der Waals surface area (Å²) in [5, 5.41) is 11.1. The average Bonchev–Trinajstić information content (AvgIpc) is 2.33. The van der Waals surface area contributed by atoms with Gasteiger partial charge in [-0.05, 0) is 25.8 Å². The molecule has 20 heavy (non-hydrogen) atoms. The van der Waals surface area contributed by atoms with Crippen LogP contribution in [-0.2, 0) is 18.7 Å². The zero-order chi connectivity index (χ0) is 15.8. The molecular weight excluding hydrogens is 293 g/mol. The summed E-state index contributed by atoms with van der Waals surface area (Å²) in [5.74, 6) is -2.09. The molecule has 118 valence electrons. The quantitative estimate of drug-likeness (QED) is 0.198. The molecule has 0 aromatic carbocycles. The Morgan fingerprint density at radius 3 is 2.35 bits per heavy atom. The van der Waals surface area contributed by atoms with Crippen molar-refractivity contribution in [1.29, 1.82) is 0 Å². The molecule has 8 N–H and O–H groups in total. The maximum atomic E-state index is 11.6. The van der Waals surface area contributed by atoms with Gasteiger partial charge in [-0.25, -0.2) is 9.36 Å². The summed E-state index contributed by atoms with van der Waals surface area (Å²) in [4.78, 5) is 39.4. The van der Waals surface area contributed by atoms with Gasteiger partial charge in [0.25, 0.3) is 0 Å². The van der Waals surface area contributed by atoms with Gasteiger partial charge in [0.1, 0.15) is 12.1 Å². The molecule has 0 aliphatic carbocycles. The Hall–Kier alpha value is -1.03. The highest BCUT2D eigenvalue weighted by Gasteiger charge is 2.25. The van der Waals surface area contributed by atoms with Gasteiger partial charge in [0.05, 0.1) is 6.61 Å². The van der Waals surface area contributed by atoms with Crippen LogP contribution in [0.5, 0.6) is 0 Å². The first-order chi connectivity index (χ1) is 9.17. The number of unbranched alkanes of at least 4 members (excludes halogenated alkanes) is 1. The molecule has 0 aliphatic heterocycles. The number of carbonyl (C=O) groups is 2. The molecule has 0 radical (unpaired) electrons. The Labute approximate surface area is 115 Å². The van der Waals surface area contributed by atoms with Crippen LogP contribution in [0.4, 0.5) is 0 Å². The fraction of sp³-hybridized carbons (Fsp3) is 0.778. The van der Waals surface area contributed by atoms with Gasteiger partial charge in [-0.2, -0.15) is 0 Å². The molecule has 0 bridgehead atoms. The predicted molar refractivity (Wildman–Crippen MR) is 68.4 cm³/mol. The number of phosphoric ester groups is 1. The Kier molecular flexibility index (Phi) is 8.54. The number of hydrogen-bond acceptors (Lipinski definition) is 6. The standard InChI is InChI=1S/C9H20N3O7P/c10-4-2-1-3-7(9(14)15)12-8(13)6(11)5-19-20(16,17)18/h6-7H,1-5,10-11H2,(H,12,13)(H,14,15)(H2,16,17,18). The van der Waals surface area contributed by atoms with Crippen LogP contribution in [0.25, 0.3) is 0 Å². The molecule has 0 heterocycles. The summed E-state index contributed by atoms with van der Waals surface area (Å²) in [6.07, 6.45) is 1.32. The number of nitrogens with one attached hydrogen (secondary N) is 1. The fourth-order valence-electron chi connectivity index (χ4n) is 1.28. The molecule has 0 saturated heterocycles. The van der Waals surface area contributed by atoms with Crippen LogP contribution in [0.15, 0.2) is 0 Å². The van der Waals surface area contributed by atoms with Crippen molar-refractivity contribution in [3.63, 3.8) is 0 Å². The minimum atomic E-state index is -4.72. The number of nitrogens with two attached hydrogens (primary N) is 2. The number of carboxylic acid groups (broad SMARTS) is 1. The molecule has 0 fully saturated rings. The van der Waals surface area contributed by atoms with Crippen LogP contribution < -0.4 is 16.8 Å². The molecule has 0 aromatic heterocycles. The second-order valence-corrected chi connectivity index (χ2v) is 5.32. The Bertz CT molecular complexity index is 373. The second kappa shape index (κ2) is 9.01. The van der Waals surface area contributed by atoms with E-state index in [1.807, 2.05) is 0 Å². The van der Waals surface area contributed by atoms with E-state index in [1.54, 1.807) is 0 Å². The largest absolute Gasteiger partial charge is 0.480 e. The lowest BCUT2D eigenvalue weighted by molar-refractivity contribution is -0.142. The summed E-state index contributed by atoms with van der Waals surface area (Å²) in [7, 11) is -4.72. The van der Waals surface area contributed by atoms with Crippen molar-refractivity contribution in [3.05, 3.63) is 0 Å². The van der Waals surface area contributed by atoms with Crippen molar-refractivity contribution in [2.24, 2.45) is 11.5 Å². The van der Waals surface area contributed by atoms with Crippen LogP contribution in [-0.4, -0.2) is 52.0 Å². The molecule has 0 rings (SSSR count). The third kappa shape index (κ3) is 8.97. The lowest BCUT2D eigenvalue weighted by Gasteiger charge is -2.17. The van der Waals surface area contributed by atoms with E-state index < -0.39 is 38.4 Å². The molecule has 2 unspecified atom stereocenters. The maximum Gasteiger partial charge on any atom is 0.469 e. The first-order valence-corrected chi connectivity index (χ1v) is 7.39. The van der Waals surface area contributed by atoms with Crippen molar-refractivity contribution in [2.75, 3.05) is 13.2 Å². The predicted octanol–water partition coefficient (Wildman–Crippen LogP) is -1.88. The van der Waals surface area contributed by atoms with Gasteiger partial charge in [-0.1, -0.05) is 0 Å². The summed E-state index contributed by atoms with van der Waals surface area (Å²) in [6, 6.07) is -2.51. The summed E-state index contributed by atoms with van der Waals surface area (Å²) in [5.41, 5.74) is 10.6. The zero-order valence-corrected chi connectivity index (χ0v) is 11.7. The van der Waals surface area contributed by atoms with Crippen molar-refractivity contribution in [2.45, 2.75) is 31.3 Å². The molecule has 2 atom stereocenters. The van der Waals surface area contributed by atoms with Crippen molar-refractivity contribution >= 4 is 19.7 Å². The Balaban J connectivity index is 4.30. The average molecular weight is 313 g/mol. The maximum absolute atomic E-state index is 11.6. The second-order valence-electron chi connectivity index (χ2n) is 4.08. The lowest BCUT2D eigenvalue weighted by atomic mass is 10.1. The highest BCUT2D eigenvalue weighted by Crippen LogP contribution is 2.35. The normalized spacial score (nSPS) is 14.6. The molecule has 0 aliphatic rings. The summed E-state index contributed by atoms with van der Waals surface area (Å²) >= 11 is 0. The van der Waals surface area contributed by atoms with Gasteiger partial charge in [0.2, 0.25) is 5.91 Å². The number of rotatable bonds is 10. The van der Waals surface area contributed by atoms with E-state index in [0.29, 0.717) is 19.4 Å². The van der Waals surface area contributed by atoms with Crippen molar-refractivity contribution in [1.82, 2.24) is 5.32 Å². The number of phosphoric acid groups is 1. The third-order valence-electron chi connectivity index (χ3n) is 2.32. The van der Waals surface area contributed by atoms with E-state index in [0.717, 1.165) is 0 Å². The van der Waals surface area contributed by atoms with Gasteiger partial charge in [-0.15, -0.1) is 0 Å². The van der Waals surface area contributed by atoms with Gasteiger partial charge >= 0.3 is 13.8 Å². The summed E-state index contributed by atoms with van der Waals surface area (Å²) < 4.78 is 14.5. The minimum Gasteiger partial charge on any atom is -0.480 e. The number of carbonyl (C=O) groups excluding carboxylic acids is 1. The van der Waals surface area contributed by atoms with E-state index in [4.69, 9.17) is 26.4 Å². The SMILES string of the molecule is NCCCCC(NC(=O)C(N)COP(=O)(O)O)C(=O)O. The monoisotopic (exact) mass is 313 g/mol. The Morgan fingerprint density at radius 2 is 1.90 bits per heavy atom. The van der Waals surface area contributed by atoms with E-state index in [9.17, 15) is 14.2 Å². The van der Waals surface area contributed by atoms with Gasteiger partial charge in [0.15, 0.2) is 0 Å². The topological polar surface area (TPSA) is 185 Å². The van der Waals surface area contributed by atoms with Crippen molar-refractivity contribution < 1.29 is 33.6 Å². The molecule has 0 spiro atoms. The van der Waals surface area contributed by atoms with Crippen molar-refractivity contribution in [3.8, 4) is 0 Å². The molecule has 10 nitrogen and oxygen atoms in total. The smallest absolute Gasteiger partial charge is 0.469 e. The first-order valence-electron chi connectivity index (χ1n) is 5.86. The highest BCUT2D eigenvalue weighted by atomic mass is 31.2. The van der Waals surface area contributed by atoms with Gasteiger partial charge < -0.3 is 31.7 Å². The van der Waals surface area contributed by atoms with Gasteiger partial charge in [0, 0.05) is 0 Å². The third-order valence-corrected chi connectivity index (χ3v) is 2.81. The van der Waals surface area contributed by atoms with E-state index >= 15 is 0 Å². The van der Waals surface area contributed by atoms with Gasteiger partial charge in [-0.3, -0.25) is 9.32 Å². The number of amides is 1. The molecule has 1 amide bonds. The van der Waals surface area contributed by atoms with Crippen LogP contribution in [0.2, 0.25) is 0 Å². The van der Waals surface area contributed by atoms with Crippen LogP contribution >= 0.6 is 7.82 Å². The Morgan fingerprint density at radius 1 is 1.30 bits per heavy atom. The lowest BCUT2D eigenvalue weighted by Crippen LogP contribution is -2.50. The van der Waals surface area contributed by atoms with E-state index in [-0.39, 0.29) is 6.42 Å². The fourth-order valence-corrected chi connectivity index (χ4v) is 1.64. The van der Waals surface area contributed by atoms with Crippen LogP contribution in [0, 0.1) is 0 Å². The number of aliphatic carboxylic acids is 1. The number of carboxylic acids is 1. The molecule has 0 aromatic rings. The molecule has 0 saturated carbocycles. The molecule has 11 heteroatoms. The molecular formula is C9H20N3O7P. The van der Waals surface area contributed by atoms with E-state index in [2.05, 4.69) is 9.84 Å². The zero-order valence-electron chi connectivity index (χ0n) is 10.8. The van der Waals surface area contributed by atoms with E-state index in [1.165, 1.54) is 0 Å². The number of hydrogen-bond donors (Lipinski definition) is 6. The minimum absolute atomic E-state index is 0.185. The first kappa shape index (κ1) is 19.0. The van der Waals surface area contributed by atoms with Crippen LogP contribution in [0.3, 0.4) is 0 Å².